The molecular formula is C30H24N3O+. The van der Waals surface area contributed by atoms with Crippen LogP contribution in [0.3, 0.4) is 0 Å². The maximum atomic E-state index is 13.0. The van der Waals surface area contributed by atoms with E-state index in [1.807, 2.05) is 71.6 Å². The number of fused-ring (bicyclic) bond motifs is 1. The molecule has 3 aromatic carbocycles. The summed E-state index contributed by atoms with van der Waals surface area (Å²) >= 11 is 0. The molecule has 1 N–H and O–H groups in total. The van der Waals surface area contributed by atoms with Gasteiger partial charge in [-0.05, 0) is 65.4 Å². The summed E-state index contributed by atoms with van der Waals surface area (Å²) in [5.41, 5.74) is 8.02. The average Bonchev–Trinajstić information content (AvgIpc) is 2.90. The van der Waals surface area contributed by atoms with Gasteiger partial charge in [-0.15, -0.1) is 0 Å². The zero-order valence-corrected chi connectivity index (χ0v) is 18.7. The van der Waals surface area contributed by atoms with Crippen molar-refractivity contribution in [2.24, 2.45) is 0 Å². The summed E-state index contributed by atoms with van der Waals surface area (Å²) in [6, 6.07) is 30.5. The van der Waals surface area contributed by atoms with E-state index < -0.39 is 0 Å². The van der Waals surface area contributed by atoms with Crippen molar-refractivity contribution < 1.29 is 9.36 Å². The van der Waals surface area contributed by atoms with Crippen LogP contribution in [-0.2, 0) is 17.8 Å². The Bertz CT molecular complexity index is 1410. The maximum absolute atomic E-state index is 13.0. The van der Waals surface area contributed by atoms with E-state index in [1.165, 1.54) is 11.1 Å². The van der Waals surface area contributed by atoms with Crippen molar-refractivity contribution in [2.75, 3.05) is 5.32 Å². The van der Waals surface area contributed by atoms with Crippen LogP contribution in [0.25, 0.3) is 17.2 Å². The number of pyridine rings is 1. The first-order chi connectivity index (χ1) is 16.7. The number of anilines is 1. The molecule has 5 rings (SSSR count). The third kappa shape index (κ3) is 4.79. The van der Waals surface area contributed by atoms with Crippen molar-refractivity contribution in [3.05, 3.63) is 125 Å². The summed E-state index contributed by atoms with van der Waals surface area (Å²) in [7, 11) is 0. The molecule has 1 amide bonds. The third-order valence-corrected chi connectivity index (χ3v) is 6.10. The summed E-state index contributed by atoms with van der Waals surface area (Å²) in [4.78, 5) is 13.0. The SMILES string of the molecule is N#Cc1ccc[n+](Cc2ccc(NC(=O)C3=Cc4cc(-c5ccccc5)ccc4CC3)cc2)c1. The summed E-state index contributed by atoms with van der Waals surface area (Å²) < 4.78 is 1.97. The number of hydrogen-bond donors (Lipinski definition) is 1. The second-order valence-corrected chi connectivity index (χ2v) is 8.48. The van der Waals surface area contributed by atoms with Gasteiger partial charge in [-0.1, -0.05) is 54.6 Å². The predicted molar refractivity (Wildman–Crippen MR) is 134 cm³/mol. The van der Waals surface area contributed by atoms with Gasteiger partial charge in [-0.2, -0.15) is 9.83 Å². The Labute approximate surface area is 199 Å². The predicted octanol–water partition coefficient (Wildman–Crippen LogP) is 5.53. The van der Waals surface area contributed by atoms with E-state index in [4.69, 9.17) is 5.26 Å². The van der Waals surface area contributed by atoms with Gasteiger partial charge in [-0.25, -0.2) is 0 Å². The molecule has 0 fully saturated rings. The first-order valence-electron chi connectivity index (χ1n) is 11.4. The lowest BCUT2D eigenvalue weighted by molar-refractivity contribution is -0.688. The van der Waals surface area contributed by atoms with Crippen LogP contribution in [0.2, 0.25) is 0 Å². The monoisotopic (exact) mass is 442 g/mol. The lowest BCUT2D eigenvalue weighted by Gasteiger charge is -2.17. The van der Waals surface area contributed by atoms with Gasteiger partial charge >= 0.3 is 0 Å². The largest absolute Gasteiger partial charge is 0.322 e. The molecular weight excluding hydrogens is 418 g/mol. The molecule has 164 valence electrons. The molecule has 1 heterocycles. The number of amides is 1. The van der Waals surface area contributed by atoms with Crippen molar-refractivity contribution in [3.63, 3.8) is 0 Å². The van der Waals surface area contributed by atoms with Crippen LogP contribution in [0.15, 0.2) is 103 Å². The Hall–Kier alpha value is -4.49. The summed E-state index contributed by atoms with van der Waals surface area (Å²) in [5, 5.41) is 12.1. The Kier molecular flexibility index (Phi) is 6.01. The first-order valence-corrected chi connectivity index (χ1v) is 11.4. The average molecular weight is 443 g/mol. The lowest BCUT2D eigenvalue weighted by atomic mass is 9.89. The van der Waals surface area contributed by atoms with Crippen molar-refractivity contribution >= 4 is 17.7 Å². The Morgan fingerprint density at radius 3 is 2.53 bits per heavy atom. The molecule has 0 spiro atoms. The quantitative estimate of drug-likeness (QED) is 0.413. The van der Waals surface area contributed by atoms with Crippen LogP contribution < -0.4 is 9.88 Å². The normalized spacial score (nSPS) is 12.3. The van der Waals surface area contributed by atoms with Crippen molar-refractivity contribution in [2.45, 2.75) is 19.4 Å². The van der Waals surface area contributed by atoms with Gasteiger partial charge in [0.15, 0.2) is 18.9 Å². The molecule has 1 aliphatic rings. The molecule has 0 radical (unpaired) electrons. The molecule has 1 aliphatic carbocycles. The number of nitrogens with zero attached hydrogens (tertiary/aromatic N) is 2. The molecule has 0 aliphatic heterocycles. The van der Waals surface area contributed by atoms with E-state index >= 15 is 0 Å². The van der Waals surface area contributed by atoms with E-state index in [0.29, 0.717) is 12.1 Å². The molecule has 0 bridgehead atoms. The van der Waals surface area contributed by atoms with E-state index in [1.54, 1.807) is 6.07 Å². The van der Waals surface area contributed by atoms with E-state index in [0.717, 1.165) is 40.8 Å². The van der Waals surface area contributed by atoms with Gasteiger partial charge < -0.3 is 5.32 Å². The molecule has 4 aromatic rings. The highest BCUT2D eigenvalue weighted by atomic mass is 16.1. The summed E-state index contributed by atoms with van der Waals surface area (Å²) in [6.45, 7) is 0.662. The lowest BCUT2D eigenvalue weighted by Crippen LogP contribution is -2.33. The molecule has 0 saturated carbocycles. The summed E-state index contributed by atoms with van der Waals surface area (Å²) in [5.74, 6) is -0.0559. The van der Waals surface area contributed by atoms with Crippen LogP contribution in [0.5, 0.6) is 0 Å². The number of hydrogen-bond acceptors (Lipinski definition) is 2. The van der Waals surface area contributed by atoms with Gasteiger partial charge in [0, 0.05) is 22.9 Å². The van der Waals surface area contributed by atoms with E-state index in [9.17, 15) is 4.79 Å². The second-order valence-electron chi connectivity index (χ2n) is 8.48. The number of rotatable bonds is 5. The molecule has 4 nitrogen and oxygen atoms in total. The molecule has 0 saturated heterocycles. The van der Waals surface area contributed by atoms with Crippen molar-refractivity contribution in [1.29, 1.82) is 5.26 Å². The van der Waals surface area contributed by atoms with Gasteiger partial charge in [0.05, 0.1) is 0 Å². The number of aromatic nitrogens is 1. The standard InChI is InChI=1S/C30H23N3O/c31-19-23-5-4-16-33(21-23)20-22-8-14-29(15-9-22)32-30(34)27-13-11-25-10-12-26(17-28(25)18-27)24-6-2-1-3-7-24/h1-10,12,14-18,21H,11,13,20H2/p+1. The van der Waals surface area contributed by atoms with E-state index in [-0.39, 0.29) is 5.91 Å². The minimum atomic E-state index is -0.0559. The molecule has 0 atom stereocenters. The van der Waals surface area contributed by atoms with E-state index in [2.05, 4.69) is 41.7 Å². The zero-order chi connectivity index (χ0) is 23.3. The third-order valence-electron chi connectivity index (χ3n) is 6.10. The zero-order valence-electron chi connectivity index (χ0n) is 18.7. The van der Waals surface area contributed by atoms with Crippen LogP contribution in [0, 0.1) is 11.3 Å². The number of carbonyl (C=O) groups is 1. The first kappa shape index (κ1) is 21.4. The van der Waals surface area contributed by atoms with Crippen LogP contribution in [0.1, 0.15) is 28.7 Å². The minimum absolute atomic E-state index is 0.0559. The molecule has 0 unspecified atom stereocenters. The Morgan fingerprint density at radius 1 is 0.912 bits per heavy atom. The highest BCUT2D eigenvalue weighted by Gasteiger charge is 2.17. The van der Waals surface area contributed by atoms with Gasteiger partial charge in [0.1, 0.15) is 11.6 Å². The number of benzene rings is 3. The van der Waals surface area contributed by atoms with Gasteiger partial charge in [0.2, 0.25) is 0 Å². The van der Waals surface area contributed by atoms with Gasteiger partial charge in [-0.3, -0.25) is 4.79 Å². The molecule has 34 heavy (non-hydrogen) atoms. The highest BCUT2D eigenvalue weighted by Crippen LogP contribution is 2.29. The smallest absolute Gasteiger partial charge is 0.251 e. The fraction of sp³-hybridized carbons (Fsp3) is 0.100. The Morgan fingerprint density at radius 2 is 1.74 bits per heavy atom. The summed E-state index contributed by atoms with van der Waals surface area (Å²) in [6.07, 6.45) is 7.38. The number of nitriles is 1. The highest BCUT2D eigenvalue weighted by molar-refractivity contribution is 6.07. The molecule has 4 heteroatoms. The van der Waals surface area contributed by atoms with Crippen molar-refractivity contribution in [3.8, 4) is 17.2 Å². The number of nitrogens with one attached hydrogen (secondary N) is 1. The fourth-order valence-electron chi connectivity index (χ4n) is 4.28. The van der Waals surface area contributed by atoms with Crippen LogP contribution in [0.4, 0.5) is 5.69 Å². The Balaban J connectivity index is 1.28. The topological polar surface area (TPSA) is 56.8 Å². The van der Waals surface area contributed by atoms with Gasteiger partial charge in [0.25, 0.3) is 5.91 Å². The minimum Gasteiger partial charge on any atom is -0.322 e. The fourth-order valence-corrected chi connectivity index (χ4v) is 4.28. The molecule has 1 aromatic heterocycles. The van der Waals surface area contributed by atoms with Crippen LogP contribution in [-0.4, -0.2) is 5.91 Å². The van der Waals surface area contributed by atoms with Crippen LogP contribution >= 0.6 is 0 Å². The second kappa shape index (κ2) is 9.56. The number of carbonyl (C=O) groups excluding carboxylic acids is 1. The number of aryl methyl sites for hydroxylation is 1. The maximum Gasteiger partial charge on any atom is 0.251 e. The van der Waals surface area contributed by atoms with Crippen molar-refractivity contribution in [1.82, 2.24) is 0 Å².